The molecule has 1 aliphatic rings. The third kappa shape index (κ3) is 9.49. The third-order valence-corrected chi connectivity index (χ3v) is 8.44. The highest BCUT2D eigenvalue weighted by atomic mass is 32.2. The van der Waals surface area contributed by atoms with Crippen LogP contribution in [0.4, 0.5) is 0 Å². The largest absolute Gasteiger partial charge is 0.481 e. The van der Waals surface area contributed by atoms with Crippen LogP contribution in [-0.2, 0) is 22.0 Å². The fourth-order valence-electron chi connectivity index (χ4n) is 3.71. The average molecular weight is 495 g/mol. The van der Waals surface area contributed by atoms with Crippen LogP contribution in [0.5, 0.6) is 11.5 Å². The van der Waals surface area contributed by atoms with Gasteiger partial charge in [-0.25, -0.2) is 0 Å². The highest BCUT2D eigenvalue weighted by molar-refractivity contribution is 7.85. The van der Waals surface area contributed by atoms with E-state index in [1.54, 1.807) is 0 Å². The van der Waals surface area contributed by atoms with Gasteiger partial charge in [-0.1, -0.05) is 65.0 Å². The lowest BCUT2D eigenvalue weighted by Crippen LogP contribution is -2.16. The monoisotopic (exact) mass is 494 g/mol. The molecule has 1 N–H and O–H groups in total. The van der Waals surface area contributed by atoms with Crippen LogP contribution in [0, 0.1) is 0 Å². The summed E-state index contributed by atoms with van der Waals surface area (Å²) in [5.41, 5.74) is 1.17. The Morgan fingerprint density at radius 3 is 2.48 bits per heavy atom. The molecule has 7 heteroatoms. The van der Waals surface area contributed by atoms with Gasteiger partial charge in [0.05, 0.1) is 5.92 Å². The van der Waals surface area contributed by atoms with E-state index in [9.17, 15) is 9.00 Å². The number of thiophene rings is 1. The van der Waals surface area contributed by atoms with Gasteiger partial charge in [-0.3, -0.25) is 9.00 Å². The second-order valence-corrected chi connectivity index (χ2v) is 11.3. The molecule has 3 atom stereocenters. The van der Waals surface area contributed by atoms with Crippen LogP contribution in [0.25, 0.3) is 0 Å². The standard InChI is InChI=1S/C18H28O3S.C8H10O2S/c1-3-4-5-6-7-8-11-22(19)15(2)12-16-9-10-17-18(13-16)21-14-20-17;1-2-6(8(9)10)7-4-3-5-11-7/h9-10,13,15H,3-8,11-12,14H2,1-2H3;3-6H,2H2,1H3,(H,9,10). The van der Waals surface area contributed by atoms with Crippen LogP contribution in [0.1, 0.15) is 82.1 Å². The highest BCUT2D eigenvalue weighted by Crippen LogP contribution is 2.33. The maximum Gasteiger partial charge on any atom is 0.311 e. The number of carbonyl (C=O) groups is 1. The normalized spacial score (nSPS) is 14.8. The Balaban J connectivity index is 0.000000294. The van der Waals surface area contributed by atoms with Crippen LogP contribution in [0.2, 0.25) is 0 Å². The fourth-order valence-corrected chi connectivity index (χ4v) is 5.88. The van der Waals surface area contributed by atoms with Crippen molar-refractivity contribution in [2.75, 3.05) is 12.5 Å². The number of carboxylic acid groups (broad SMARTS) is 1. The molecule has 184 valence electrons. The average Bonchev–Trinajstić information content (AvgIpc) is 3.48. The van der Waals surface area contributed by atoms with Gasteiger partial charge in [0.2, 0.25) is 6.79 Å². The summed E-state index contributed by atoms with van der Waals surface area (Å²) < 4.78 is 23.0. The van der Waals surface area contributed by atoms with Gasteiger partial charge in [-0.15, -0.1) is 11.3 Å². The molecule has 0 saturated carbocycles. The number of hydrogen-bond donors (Lipinski definition) is 1. The van der Waals surface area contributed by atoms with E-state index in [0.717, 1.165) is 35.0 Å². The van der Waals surface area contributed by atoms with Crippen molar-refractivity contribution in [2.24, 2.45) is 0 Å². The van der Waals surface area contributed by atoms with Gasteiger partial charge in [0.1, 0.15) is 0 Å². The first kappa shape index (κ1) is 27.4. The van der Waals surface area contributed by atoms with Crippen molar-refractivity contribution < 1.29 is 23.6 Å². The molecule has 5 nitrogen and oxygen atoms in total. The molecule has 1 aromatic carbocycles. The van der Waals surface area contributed by atoms with Crippen molar-refractivity contribution in [3.63, 3.8) is 0 Å². The summed E-state index contributed by atoms with van der Waals surface area (Å²) in [4.78, 5) is 11.6. The molecule has 2 aromatic rings. The molecular formula is C26H38O5S2. The lowest BCUT2D eigenvalue weighted by molar-refractivity contribution is -0.138. The van der Waals surface area contributed by atoms with Crippen LogP contribution < -0.4 is 9.47 Å². The molecule has 3 unspecified atom stereocenters. The predicted molar refractivity (Wildman–Crippen MR) is 137 cm³/mol. The second-order valence-electron chi connectivity index (χ2n) is 8.37. The van der Waals surface area contributed by atoms with Crippen molar-refractivity contribution in [3.8, 4) is 11.5 Å². The van der Waals surface area contributed by atoms with Crippen molar-refractivity contribution in [1.82, 2.24) is 0 Å². The molecule has 0 amide bonds. The number of hydrogen-bond acceptors (Lipinski definition) is 5. The number of unbranched alkanes of at least 4 members (excludes halogenated alkanes) is 5. The fraction of sp³-hybridized carbons (Fsp3) is 0.577. The minimum atomic E-state index is -0.743. The summed E-state index contributed by atoms with van der Waals surface area (Å²) in [6.45, 7) is 6.50. The Morgan fingerprint density at radius 1 is 1.09 bits per heavy atom. The van der Waals surface area contributed by atoms with Gasteiger partial charge in [0.25, 0.3) is 0 Å². The highest BCUT2D eigenvalue weighted by Gasteiger charge is 2.18. The van der Waals surface area contributed by atoms with Crippen LogP contribution >= 0.6 is 11.3 Å². The Bertz CT molecular complexity index is 850. The van der Waals surface area contributed by atoms with Crippen LogP contribution in [0.3, 0.4) is 0 Å². The SMILES string of the molecule is CCC(C(=O)O)c1cccs1.CCCCCCCCS(=O)C(C)Cc1ccc2c(c1)OCO2. The van der Waals surface area contributed by atoms with Crippen LogP contribution in [0.15, 0.2) is 35.7 Å². The molecular weight excluding hydrogens is 456 g/mol. The molecule has 0 aliphatic carbocycles. The topological polar surface area (TPSA) is 72.8 Å². The quantitative estimate of drug-likeness (QED) is 0.311. The first-order valence-corrected chi connectivity index (χ1v) is 14.2. The van der Waals surface area contributed by atoms with Gasteiger partial charge in [-0.05, 0) is 48.4 Å². The number of ether oxygens (including phenoxy) is 2. The number of fused-ring (bicyclic) bond motifs is 1. The number of aliphatic carboxylic acids is 1. The van der Waals surface area contributed by atoms with Crippen LogP contribution in [-0.4, -0.2) is 33.1 Å². The molecule has 0 spiro atoms. The molecule has 2 heterocycles. The number of rotatable bonds is 13. The van der Waals surface area contributed by atoms with E-state index in [1.165, 1.54) is 49.0 Å². The van der Waals surface area contributed by atoms with Crippen molar-refractivity contribution in [3.05, 3.63) is 46.2 Å². The maximum absolute atomic E-state index is 12.3. The molecule has 0 saturated heterocycles. The van der Waals surface area contributed by atoms with E-state index < -0.39 is 16.8 Å². The first-order valence-electron chi connectivity index (χ1n) is 12.0. The summed E-state index contributed by atoms with van der Waals surface area (Å²) in [6, 6.07) is 9.76. The first-order chi connectivity index (χ1) is 16.0. The zero-order chi connectivity index (χ0) is 24.1. The Hall–Kier alpha value is -1.86. The smallest absolute Gasteiger partial charge is 0.311 e. The summed E-state index contributed by atoms with van der Waals surface area (Å²) in [7, 11) is -0.743. The van der Waals surface area contributed by atoms with Gasteiger partial charge >= 0.3 is 5.97 Å². The summed E-state index contributed by atoms with van der Waals surface area (Å²) >= 11 is 1.50. The van der Waals surface area contributed by atoms with E-state index in [4.69, 9.17) is 14.6 Å². The van der Waals surface area contributed by atoms with Crippen molar-refractivity contribution in [2.45, 2.75) is 83.3 Å². The third-order valence-electron chi connectivity index (χ3n) is 5.70. The van der Waals surface area contributed by atoms with E-state index in [1.807, 2.05) is 42.6 Å². The summed E-state index contributed by atoms with van der Waals surface area (Å²) in [5.74, 6) is 1.42. The van der Waals surface area contributed by atoms with Gasteiger partial charge in [0, 0.05) is 26.7 Å². The van der Waals surface area contributed by atoms with E-state index in [2.05, 4.69) is 13.8 Å². The molecule has 0 bridgehead atoms. The lowest BCUT2D eigenvalue weighted by Gasteiger charge is -2.12. The number of carboxylic acids is 1. The number of benzene rings is 1. The maximum atomic E-state index is 12.3. The Kier molecular flexibility index (Phi) is 12.5. The van der Waals surface area contributed by atoms with Gasteiger partial charge in [0.15, 0.2) is 11.5 Å². The minimum Gasteiger partial charge on any atom is -0.481 e. The molecule has 0 radical (unpaired) electrons. The minimum absolute atomic E-state index is 0.191. The Morgan fingerprint density at radius 2 is 1.82 bits per heavy atom. The van der Waals surface area contributed by atoms with Crippen molar-refractivity contribution >= 4 is 28.1 Å². The van der Waals surface area contributed by atoms with Gasteiger partial charge < -0.3 is 14.6 Å². The van der Waals surface area contributed by atoms with E-state index in [-0.39, 0.29) is 11.2 Å². The van der Waals surface area contributed by atoms with Gasteiger partial charge in [-0.2, -0.15) is 0 Å². The Labute approximate surface area is 205 Å². The molecule has 1 aliphatic heterocycles. The zero-order valence-electron chi connectivity index (χ0n) is 20.1. The van der Waals surface area contributed by atoms with E-state index >= 15 is 0 Å². The molecule has 33 heavy (non-hydrogen) atoms. The van der Waals surface area contributed by atoms with Crippen molar-refractivity contribution in [1.29, 1.82) is 0 Å². The molecule has 1 aromatic heterocycles. The lowest BCUT2D eigenvalue weighted by atomic mass is 10.1. The molecule has 3 rings (SSSR count). The van der Waals surface area contributed by atoms with E-state index in [0.29, 0.717) is 13.2 Å². The summed E-state index contributed by atoms with van der Waals surface area (Å²) in [6.07, 6.45) is 8.98. The zero-order valence-corrected chi connectivity index (χ0v) is 21.7. The predicted octanol–water partition coefficient (Wildman–Crippen LogP) is 6.78. The molecule has 0 fully saturated rings. The second kappa shape index (κ2) is 15.1. The summed E-state index contributed by atoms with van der Waals surface area (Å²) in [5, 5.41) is 10.8.